The molecular weight excluding hydrogens is 230 g/mol. The van der Waals surface area contributed by atoms with E-state index >= 15 is 0 Å². The number of nitrogens with two attached hydrogens (primary N) is 1. The van der Waals surface area contributed by atoms with Crippen LogP contribution in [0.25, 0.3) is 0 Å². The first-order valence-electron chi connectivity index (χ1n) is 4.81. The van der Waals surface area contributed by atoms with E-state index in [9.17, 15) is 4.79 Å². The maximum atomic E-state index is 11.2. The predicted molar refractivity (Wildman–Crippen MR) is 61.5 cm³/mol. The topological polar surface area (TPSA) is 61.5 Å². The number of rotatable bonds is 4. The van der Waals surface area contributed by atoms with Crippen molar-refractivity contribution < 1.29 is 14.3 Å². The van der Waals surface area contributed by atoms with Crippen molar-refractivity contribution in [3.8, 4) is 5.75 Å². The number of hydrogen-bond donors (Lipinski definition) is 1. The molecule has 0 saturated heterocycles. The van der Waals surface area contributed by atoms with Crippen LogP contribution in [0.2, 0.25) is 5.02 Å². The number of esters is 1. The molecule has 0 bridgehead atoms. The smallest absolute Gasteiger partial charge is 0.326 e. The number of halogens is 1. The summed E-state index contributed by atoms with van der Waals surface area (Å²) in [4.78, 5) is 11.2. The van der Waals surface area contributed by atoms with Crippen molar-refractivity contribution in [1.82, 2.24) is 0 Å². The fourth-order valence-electron chi connectivity index (χ4n) is 1.14. The second kappa shape index (κ2) is 5.72. The number of carbonyl (C=O) groups excluding carboxylic acids is 1. The number of para-hydroxylation sites is 1. The third-order valence-corrected chi connectivity index (χ3v) is 2.44. The van der Waals surface area contributed by atoms with Gasteiger partial charge in [0.15, 0.2) is 0 Å². The minimum absolute atomic E-state index is 0.478. The molecular formula is C11H14ClNO3. The molecule has 4 nitrogen and oxygen atoms in total. The van der Waals surface area contributed by atoms with Crippen LogP contribution < -0.4 is 10.5 Å². The standard InChI is InChI=1S/C11H14ClNO3/c1-7(10(13)11(14)15-2)16-9-6-4-3-5-8(9)12/h3-7,10H,13H2,1-2H3. The molecule has 2 atom stereocenters. The highest BCUT2D eigenvalue weighted by Gasteiger charge is 2.23. The van der Waals surface area contributed by atoms with Gasteiger partial charge in [0.05, 0.1) is 12.1 Å². The number of hydrogen-bond acceptors (Lipinski definition) is 4. The Labute approximate surface area is 99.3 Å². The van der Waals surface area contributed by atoms with Crippen LogP contribution in [0, 0.1) is 0 Å². The van der Waals surface area contributed by atoms with Crippen LogP contribution in [0.15, 0.2) is 24.3 Å². The van der Waals surface area contributed by atoms with E-state index in [-0.39, 0.29) is 0 Å². The van der Waals surface area contributed by atoms with Crippen molar-refractivity contribution in [2.24, 2.45) is 5.73 Å². The van der Waals surface area contributed by atoms with Crippen molar-refractivity contribution in [2.75, 3.05) is 7.11 Å². The lowest BCUT2D eigenvalue weighted by molar-refractivity contribution is -0.144. The van der Waals surface area contributed by atoms with Gasteiger partial charge in [0, 0.05) is 0 Å². The van der Waals surface area contributed by atoms with Gasteiger partial charge in [-0.25, -0.2) is 0 Å². The summed E-state index contributed by atoms with van der Waals surface area (Å²) in [5.41, 5.74) is 5.63. The molecule has 0 radical (unpaired) electrons. The lowest BCUT2D eigenvalue weighted by atomic mass is 10.2. The molecule has 0 heterocycles. The molecule has 0 spiro atoms. The molecule has 0 fully saturated rings. The third-order valence-electron chi connectivity index (χ3n) is 2.13. The molecule has 0 aliphatic heterocycles. The van der Waals surface area contributed by atoms with Gasteiger partial charge in [-0.2, -0.15) is 0 Å². The lowest BCUT2D eigenvalue weighted by Crippen LogP contribution is -2.44. The normalized spacial score (nSPS) is 14.0. The van der Waals surface area contributed by atoms with E-state index < -0.39 is 18.1 Å². The average Bonchev–Trinajstić information content (AvgIpc) is 2.30. The van der Waals surface area contributed by atoms with Gasteiger partial charge in [0.2, 0.25) is 0 Å². The van der Waals surface area contributed by atoms with Crippen molar-refractivity contribution in [3.63, 3.8) is 0 Å². The fraction of sp³-hybridized carbons (Fsp3) is 0.364. The van der Waals surface area contributed by atoms with Crippen molar-refractivity contribution >= 4 is 17.6 Å². The van der Waals surface area contributed by atoms with E-state index in [4.69, 9.17) is 22.1 Å². The van der Waals surface area contributed by atoms with E-state index in [2.05, 4.69) is 4.74 Å². The SMILES string of the molecule is COC(=O)C(N)C(C)Oc1ccccc1Cl. The molecule has 5 heteroatoms. The molecule has 0 aromatic heterocycles. The number of carbonyl (C=O) groups is 1. The quantitative estimate of drug-likeness (QED) is 0.817. The highest BCUT2D eigenvalue weighted by molar-refractivity contribution is 6.32. The molecule has 16 heavy (non-hydrogen) atoms. The lowest BCUT2D eigenvalue weighted by Gasteiger charge is -2.19. The summed E-state index contributed by atoms with van der Waals surface area (Å²) < 4.78 is 10.00. The highest BCUT2D eigenvalue weighted by Crippen LogP contribution is 2.24. The van der Waals surface area contributed by atoms with E-state index in [0.717, 1.165) is 0 Å². The zero-order valence-corrected chi connectivity index (χ0v) is 9.90. The Hall–Kier alpha value is -1.26. The van der Waals surface area contributed by atoms with Gasteiger partial charge in [-0.1, -0.05) is 23.7 Å². The Morgan fingerprint density at radius 1 is 1.44 bits per heavy atom. The molecule has 1 aromatic carbocycles. The molecule has 1 rings (SSSR count). The van der Waals surface area contributed by atoms with Crippen LogP contribution in [0.3, 0.4) is 0 Å². The zero-order valence-electron chi connectivity index (χ0n) is 9.14. The number of benzene rings is 1. The highest BCUT2D eigenvalue weighted by atomic mass is 35.5. The monoisotopic (exact) mass is 243 g/mol. The van der Waals surface area contributed by atoms with Crippen molar-refractivity contribution in [3.05, 3.63) is 29.3 Å². The largest absolute Gasteiger partial charge is 0.487 e. The van der Waals surface area contributed by atoms with Crippen molar-refractivity contribution in [2.45, 2.75) is 19.1 Å². The summed E-state index contributed by atoms with van der Waals surface area (Å²) in [5, 5.41) is 0.478. The van der Waals surface area contributed by atoms with Crippen LogP contribution in [-0.2, 0) is 9.53 Å². The molecule has 0 aliphatic carbocycles. The Morgan fingerprint density at radius 2 is 2.06 bits per heavy atom. The molecule has 2 unspecified atom stereocenters. The Kier molecular flexibility index (Phi) is 4.58. The van der Waals surface area contributed by atoms with Crippen LogP contribution in [0.5, 0.6) is 5.75 Å². The first-order valence-corrected chi connectivity index (χ1v) is 5.18. The van der Waals surface area contributed by atoms with Gasteiger partial charge in [0.25, 0.3) is 0 Å². The second-order valence-electron chi connectivity index (χ2n) is 3.30. The Morgan fingerprint density at radius 3 is 2.62 bits per heavy atom. The van der Waals surface area contributed by atoms with Gasteiger partial charge >= 0.3 is 5.97 Å². The number of ether oxygens (including phenoxy) is 2. The van der Waals surface area contributed by atoms with Crippen LogP contribution in [0.4, 0.5) is 0 Å². The van der Waals surface area contributed by atoms with Gasteiger partial charge in [-0.3, -0.25) is 4.79 Å². The first kappa shape index (κ1) is 12.8. The second-order valence-corrected chi connectivity index (χ2v) is 3.71. The van der Waals surface area contributed by atoms with E-state index in [1.54, 1.807) is 31.2 Å². The number of methoxy groups -OCH3 is 1. The van der Waals surface area contributed by atoms with Crippen LogP contribution in [0.1, 0.15) is 6.92 Å². The first-order chi connectivity index (χ1) is 7.56. The average molecular weight is 244 g/mol. The van der Waals surface area contributed by atoms with Gasteiger partial charge < -0.3 is 15.2 Å². The molecule has 1 aromatic rings. The molecule has 0 saturated carbocycles. The van der Waals surface area contributed by atoms with Gasteiger partial charge in [-0.05, 0) is 19.1 Å². The van der Waals surface area contributed by atoms with Crippen LogP contribution >= 0.6 is 11.6 Å². The van der Waals surface area contributed by atoms with E-state index in [1.807, 2.05) is 0 Å². The summed E-state index contributed by atoms with van der Waals surface area (Å²) in [6.07, 6.45) is -0.507. The summed E-state index contributed by atoms with van der Waals surface area (Å²) >= 11 is 5.90. The molecule has 88 valence electrons. The Balaban J connectivity index is 2.68. The maximum Gasteiger partial charge on any atom is 0.326 e. The van der Waals surface area contributed by atoms with E-state index in [1.165, 1.54) is 7.11 Å². The van der Waals surface area contributed by atoms with Gasteiger partial charge in [0.1, 0.15) is 17.9 Å². The van der Waals surface area contributed by atoms with Crippen LogP contribution in [-0.4, -0.2) is 25.2 Å². The Bertz CT molecular complexity index is 370. The fourth-order valence-corrected chi connectivity index (χ4v) is 1.32. The van der Waals surface area contributed by atoms with Crippen molar-refractivity contribution in [1.29, 1.82) is 0 Å². The predicted octanol–water partition coefficient (Wildman–Crippen LogP) is 1.61. The summed E-state index contributed by atoms with van der Waals surface area (Å²) in [6.45, 7) is 1.69. The minimum atomic E-state index is -0.832. The van der Waals surface area contributed by atoms with Gasteiger partial charge in [-0.15, -0.1) is 0 Å². The zero-order chi connectivity index (χ0) is 12.1. The molecule has 0 aliphatic rings. The summed E-state index contributed by atoms with van der Waals surface area (Å²) in [7, 11) is 1.28. The minimum Gasteiger partial charge on any atom is -0.487 e. The summed E-state index contributed by atoms with van der Waals surface area (Å²) in [6, 6.07) is 6.16. The molecule has 2 N–H and O–H groups in total. The maximum absolute atomic E-state index is 11.2. The molecule has 0 amide bonds. The third kappa shape index (κ3) is 3.12. The van der Waals surface area contributed by atoms with E-state index in [0.29, 0.717) is 10.8 Å². The summed E-state index contributed by atoms with van der Waals surface area (Å²) in [5.74, 6) is -0.0180.